The third-order valence-corrected chi connectivity index (χ3v) is 7.80. The quantitative estimate of drug-likeness (QED) is 0.242. The molecule has 0 aromatic heterocycles. The highest BCUT2D eigenvalue weighted by Gasteiger charge is 2.62. The predicted molar refractivity (Wildman–Crippen MR) is 158 cm³/mol. The molecule has 41 heavy (non-hydrogen) atoms. The molecule has 1 saturated carbocycles. The molecule has 3 rings (SSSR count). The Morgan fingerprint density at radius 2 is 1.90 bits per heavy atom. The van der Waals surface area contributed by atoms with Gasteiger partial charge in [-0.2, -0.15) is 0 Å². The summed E-state index contributed by atoms with van der Waals surface area (Å²) >= 11 is 0. The minimum atomic E-state index is -1.10. The van der Waals surface area contributed by atoms with Crippen molar-refractivity contribution in [2.75, 3.05) is 26.9 Å². The molecule has 0 radical (unpaired) electrons. The van der Waals surface area contributed by atoms with E-state index < -0.39 is 29.4 Å². The van der Waals surface area contributed by atoms with Crippen LogP contribution in [-0.2, 0) is 33.4 Å². The Morgan fingerprint density at radius 3 is 2.59 bits per heavy atom. The highest BCUT2D eigenvalue weighted by atomic mass is 16.5. The summed E-state index contributed by atoms with van der Waals surface area (Å²) in [6.45, 7) is 11.4. The van der Waals surface area contributed by atoms with Crippen LogP contribution >= 0.6 is 0 Å². The Labute approximate surface area is 245 Å². The summed E-state index contributed by atoms with van der Waals surface area (Å²) in [5.74, 6) is -2.19. The van der Waals surface area contributed by atoms with Gasteiger partial charge >= 0.3 is 11.9 Å². The molecule has 0 unspecified atom stereocenters. The van der Waals surface area contributed by atoms with Gasteiger partial charge in [0.25, 0.3) is 0 Å². The first-order chi connectivity index (χ1) is 19.8. The molecular formula is C32H50N2O7. The van der Waals surface area contributed by atoms with Crippen LogP contribution in [0.15, 0.2) is 37.5 Å². The molecule has 0 bridgehead atoms. The fraction of sp³-hybridized carbons (Fsp3) is 0.688. The molecule has 2 amide bonds. The van der Waals surface area contributed by atoms with E-state index in [0.717, 1.165) is 38.5 Å². The van der Waals surface area contributed by atoms with Crippen molar-refractivity contribution in [1.29, 1.82) is 0 Å². The van der Waals surface area contributed by atoms with Gasteiger partial charge in [-0.05, 0) is 52.4 Å². The normalized spacial score (nSPS) is 28.2. The van der Waals surface area contributed by atoms with Gasteiger partial charge in [-0.15, -0.1) is 13.2 Å². The van der Waals surface area contributed by atoms with Gasteiger partial charge in [0.1, 0.15) is 11.6 Å². The second-order valence-electron chi connectivity index (χ2n) is 11.0. The van der Waals surface area contributed by atoms with Crippen LogP contribution < -0.4 is 5.32 Å². The number of ether oxygens (including phenoxy) is 3. The molecule has 1 saturated heterocycles. The van der Waals surface area contributed by atoms with Crippen LogP contribution in [0, 0.1) is 11.8 Å². The molecule has 230 valence electrons. The van der Waals surface area contributed by atoms with E-state index in [4.69, 9.17) is 14.2 Å². The van der Waals surface area contributed by atoms with Crippen LogP contribution in [0.4, 0.5) is 0 Å². The highest BCUT2D eigenvalue weighted by molar-refractivity contribution is 5.96. The average molecular weight is 575 g/mol. The monoisotopic (exact) mass is 574 g/mol. The molecule has 5 atom stereocenters. The number of nitrogens with one attached hydrogen (secondary N) is 1. The van der Waals surface area contributed by atoms with Gasteiger partial charge in [0.05, 0.1) is 25.7 Å². The number of carbonyl (C=O) groups is 4. The molecule has 1 aliphatic carbocycles. The summed E-state index contributed by atoms with van der Waals surface area (Å²) in [6.07, 6.45) is 14.7. The zero-order valence-corrected chi connectivity index (χ0v) is 25.2. The Bertz CT molecular complexity index is 933. The maximum absolute atomic E-state index is 13.8. The number of hydrogen-bond donors (Lipinski definition) is 1. The Balaban J connectivity index is 0.00000187. The standard InChI is InChI=1S/C29H44N2O7.C3H6/c1-4-6-13-16-38-25(32)17-21-14-11-9-7-8-10-12-15-22-19-29(22,28(35)37-5-2)30-26(33)24-18-23(36-3)20-31(24)27(21)34;1-3-2/h4,12,15,21-24H,1,5-11,13-14,16-20H2,2-3H3,(H,30,33);3H,1H2,2H3/t21-,22-,23-,24+,29-;/m1./s1. The topological polar surface area (TPSA) is 111 Å². The molecule has 2 fully saturated rings. The fourth-order valence-electron chi connectivity index (χ4n) is 5.46. The minimum absolute atomic E-state index is 0.0208. The van der Waals surface area contributed by atoms with Crippen LogP contribution in [0.2, 0.25) is 0 Å². The van der Waals surface area contributed by atoms with Gasteiger partial charge < -0.3 is 24.4 Å². The Hall–Kier alpha value is -2.94. The Kier molecular flexibility index (Phi) is 14.9. The van der Waals surface area contributed by atoms with Crippen molar-refractivity contribution in [2.24, 2.45) is 11.8 Å². The maximum Gasteiger partial charge on any atom is 0.332 e. The van der Waals surface area contributed by atoms with Crippen molar-refractivity contribution in [3.05, 3.63) is 37.5 Å². The van der Waals surface area contributed by atoms with E-state index in [-0.39, 0.29) is 50.0 Å². The third kappa shape index (κ3) is 10.1. The molecule has 0 spiro atoms. The van der Waals surface area contributed by atoms with Gasteiger partial charge in [-0.25, -0.2) is 4.79 Å². The average Bonchev–Trinajstić information content (AvgIpc) is 3.46. The number of esters is 2. The number of carbonyl (C=O) groups excluding carboxylic acids is 4. The summed E-state index contributed by atoms with van der Waals surface area (Å²) in [5.41, 5.74) is -1.10. The van der Waals surface area contributed by atoms with E-state index in [0.29, 0.717) is 25.7 Å². The van der Waals surface area contributed by atoms with Crippen molar-refractivity contribution in [3.8, 4) is 0 Å². The van der Waals surface area contributed by atoms with Crippen LogP contribution in [0.1, 0.15) is 84.5 Å². The van der Waals surface area contributed by atoms with E-state index in [2.05, 4.69) is 24.6 Å². The first kappa shape index (κ1) is 34.3. The second-order valence-corrected chi connectivity index (χ2v) is 11.0. The molecule has 0 aromatic rings. The number of allylic oxidation sites excluding steroid dienone is 3. The summed E-state index contributed by atoms with van der Waals surface area (Å²) < 4.78 is 16.2. The van der Waals surface area contributed by atoms with Gasteiger partial charge in [0.2, 0.25) is 11.8 Å². The molecule has 9 nitrogen and oxygen atoms in total. The lowest BCUT2D eigenvalue weighted by atomic mass is 9.95. The summed E-state index contributed by atoms with van der Waals surface area (Å²) in [5, 5.41) is 2.95. The zero-order chi connectivity index (χ0) is 30.3. The minimum Gasteiger partial charge on any atom is -0.466 e. The van der Waals surface area contributed by atoms with Crippen molar-refractivity contribution in [2.45, 2.75) is 102 Å². The fourth-order valence-corrected chi connectivity index (χ4v) is 5.46. The Morgan fingerprint density at radius 1 is 1.17 bits per heavy atom. The van der Waals surface area contributed by atoms with Gasteiger partial charge in [-0.1, -0.05) is 43.6 Å². The van der Waals surface area contributed by atoms with Crippen LogP contribution in [-0.4, -0.2) is 73.2 Å². The first-order valence-corrected chi connectivity index (χ1v) is 15.1. The lowest BCUT2D eigenvalue weighted by Crippen LogP contribution is -2.54. The number of nitrogens with zero attached hydrogens (tertiary/aromatic N) is 1. The van der Waals surface area contributed by atoms with Crippen LogP contribution in [0.5, 0.6) is 0 Å². The third-order valence-electron chi connectivity index (χ3n) is 7.80. The molecule has 0 aromatic carbocycles. The van der Waals surface area contributed by atoms with E-state index in [1.54, 1.807) is 26.2 Å². The second kappa shape index (κ2) is 17.8. The predicted octanol–water partition coefficient (Wildman–Crippen LogP) is 4.66. The van der Waals surface area contributed by atoms with Gasteiger partial charge in [0.15, 0.2) is 0 Å². The molecule has 3 aliphatic rings. The van der Waals surface area contributed by atoms with E-state index in [9.17, 15) is 19.2 Å². The molecule has 9 heteroatoms. The lowest BCUT2D eigenvalue weighted by Gasteiger charge is -2.29. The maximum atomic E-state index is 13.8. The largest absolute Gasteiger partial charge is 0.466 e. The number of hydrogen-bond acceptors (Lipinski definition) is 7. The lowest BCUT2D eigenvalue weighted by molar-refractivity contribution is -0.152. The summed E-state index contributed by atoms with van der Waals surface area (Å²) in [6, 6.07) is -0.789. The van der Waals surface area contributed by atoms with Crippen molar-refractivity contribution in [1.82, 2.24) is 10.2 Å². The molecule has 1 N–H and O–H groups in total. The van der Waals surface area contributed by atoms with Crippen molar-refractivity contribution in [3.63, 3.8) is 0 Å². The van der Waals surface area contributed by atoms with Gasteiger partial charge in [0, 0.05) is 31.9 Å². The summed E-state index contributed by atoms with van der Waals surface area (Å²) in [7, 11) is 1.56. The molecule has 2 heterocycles. The van der Waals surface area contributed by atoms with Crippen molar-refractivity contribution < 1.29 is 33.4 Å². The van der Waals surface area contributed by atoms with E-state index >= 15 is 0 Å². The number of rotatable bonds is 9. The molecule has 2 aliphatic heterocycles. The van der Waals surface area contributed by atoms with Crippen LogP contribution in [0.25, 0.3) is 0 Å². The van der Waals surface area contributed by atoms with E-state index in [1.807, 2.05) is 13.0 Å². The van der Waals surface area contributed by atoms with E-state index in [1.165, 1.54) is 4.90 Å². The number of methoxy groups -OCH3 is 1. The summed E-state index contributed by atoms with van der Waals surface area (Å²) in [4.78, 5) is 54.4. The van der Waals surface area contributed by atoms with Gasteiger partial charge in [-0.3, -0.25) is 14.4 Å². The number of unbranched alkanes of at least 4 members (excludes halogenated alkanes) is 1. The zero-order valence-electron chi connectivity index (χ0n) is 25.2. The number of amides is 2. The smallest absolute Gasteiger partial charge is 0.332 e. The SMILES string of the molecule is C=CC.C=CCCCOC(=O)C[C@H]1CCCCCCC=C[C@@H]2C[C@@]2(C(=O)OCC)NC(=O)[C@@H]2C[C@@H](OC)CN2C1=O. The molecular weight excluding hydrogens is 524 g/mol. The highest BCUT2D eigenvalue weighted by Crippen LogP contribution is 2.46. The first-order valence-electron chi connectivity index (χ1n) is 15.1. The van der Waals surface area contributed by atoms with Crippen LogP contribution in [0.3, 0.4) is 0 Å². The van der Waals surface area contributed by atoms with Crippen molar-refractivity contribution >= 4 is 23.8 Å². The number of fused-ring (bicyclic) bond motifs is 2.